The van der Waals surface area contributed by atoms with Crippen LogP contribution in [0.1, 0.15) is 11.8 Å². The van der Waals surface area contributed by atoms with Crippen LogP contribution in [-0.4, -0.2) is 34.1 Å². The molecule has 6 nitrogen and oxygen atoms in total. The SMILES string of the molecule is COCC(C)NS(=O)(=O)c1ccc(NC(=O)/C=C/c2ccc(-c3ccccc3)s2)cc1. The zero-order valence-electron chi connectivity index (χ0n) is 17.2. The standard InChI is InChI=1S/C23H24N2O4S2/c1-17(16-29-2)25-31(27,28)21-12-8-19(9-13-21)24-23(26)15-11-20-10-14-22(30-20)18-6-4-3-5-7-18/h3-15,17,25H,16H2,1-2H3,(H,24,26)/b15-11+. The number of thiophene rings is 1. The van der Waals surface area contributed by atoms with Gasteiger partial charge in [-0.3, -0.25) is 4.79 Å². The van der Waals surface area contributed by atoms with Gasteiger partial charge in [0.1, 0.15) is 0 Å². The molecular weight excluding hydrogens is 432 g/mol. The molecular formula is C23H24N2O4S2. The number of sulfonamides is 1. The third-order valence-electron chi connectivity index (χ3n) is 4.29. The van der Waals surface area contributed by atoms with E-state index in [4.69, 9.17) is 4.74 Å². The molecule has 0 aliphatic rings. The number of hydrogen-bond donors (Lipinski definition) is 2. The highest BCUT2D eigenvalue weighted by atomic mass is 32.2. The number of carbonyl (C=O) groups excluding carboxylic acids is 1. The van der Waals surface area contributed by atoms with Crippen molar-refractivity contribution in [3.05, 3.63) is 77.7 Å². The van der Waals surface area contributed by atoms with Crippen molar-refractivity contribution in [3.63, 3.8) is 0 Å². The van der Waals surface area contributed by atoms with Gasteiger partial charge in [-0.15, -0.1) is 11.3 Å². The summed E-state index contributed by atoms with van der Waals surface area (Å²) in [5, 5.41) is 2.73. The summed E-state index contributed by atoms with van der Waals surface area (Å²) in [6, 6.07) is 19.7. The number of amides is 1. The second-order valence-electron chi connectivity index (χ2n) is 6.89. The van der Waals surface area contributed by atoms with Crippen LogP contribution in [0.5, 0.6) is 0 Å². The fourth-order valence-electron chi connectivity index (χ4n) is 2.88. The van der Waals surface area contributed by atoms with Crippen molar-refractivity contribution in [1.29, 1.82) is 0 Å². The predicted molar refractivity (Wildman–Crippen MR) is 126 cm³/mol. The number of methoxy groups -OCH3 is 1. The molecule has 1 heterocycles. The van der Waals surface area contributed by atoms with Crippen molar-refractivity contribution in [2.24, 2.45) is 0 Å². The smallest absolute Gasteiger partial charge is 0.248 e. The molecule has 2 N–H and O–H groups in total. The van der Waals surface area contributed by atoms with Crippen molar-refractivity contribution >= 4 is 39.0 Å². The lowest BCUT2D eigenvalue weighted by Gasteiger charge is -2.13. The van der Waals surface area contributed by atoms with E-state index in [0.29, 0.717) is 5.69 Å². The maximum Gasteiger partial charge on any atom is 0.248 e. The Kier molecular flexibility index (Phi) is 7.75. The molecule has 0 spiro atoms. The molecule has 2 aromatic carbocycles. The van der Waals surface area contributed by atoms with Gasteiger partial charge in [0.2, 0.25) is 15.9 Å². The normalized spacial score (nSPS) is 12.7. The molecule has 3 aromatic rings. The molecule has 0 aliphatic carbocycles. The highest BCUT2D eigenvalue weighted by molar-refractivity contribution is 7.89. The largest absolute Gasteiger partial charge is 0.383 e. The first kappa shape index (κ1) is 22.9. The second-order valence-corrected chi connectivity index (χ2v) is 9.72. The summed E-state index contributed by atoms with van der Waals surface area (Å²) in [6.07, 6.45) is 3.21. The van der Waals surface area contributed by atoms with Gasteiger partial charge >= 0.3 is 0 Å². The molecule has 0 saturated heterocycles. The first-order chi connectivity index (χ1) is 14.9. The third kappa shape index (κ3) is 6.60. The van der Waals surface area contributed by atoms with Crippen LogP contribution >= 0.6 is 11.3 Å². The quantitative estimate of drug-likeness (QED) is 0.468. The third-order valence-corrected chi connectivity index (χ3v) is 6.99. The highest BCUT2D eigenvalue weighted by Gasteiger charge is 2.17. The summed E-state index contributed by atoms with van der Waals surface area (Å²) in [5.74, 6) is -0.294. The topological polar surface area (TPSA) is 84.5 Å². The summed E-state index contributed by atoms with van der Waals surface area (Å²) >= 11 is 1.60. The van der Waals surface area contributed by atoms with Crippen molar-refractivity contribution < 1.29 is 17.9 Å². The molecule has 3 rings (SSSR count). The van der Waals surface area contributed by atoms with Gasteiger partial charge < -0.3 is 10.1 Å². The Hall–Kier alpha value is -2.78. The Bertz CT molecular complexity index is 1140. The average Bonchev–Trinajstić information content (AvgIpc) is 3.22. The van der Waals surface area contributed by atoms with Gasteiger partial charge in [-0.1, -0.05) is 30.3 Å². The van der Waals surface area contributed by atoms with E-state index in [1.807, 2.05) is 42.5 Å². The van der Waals surface area contributed by atoms with E-state index in [-0.39, 0.29) is 23.5 Å². The number of rotatable bonds is 9. The maximum atomic E-state index is 12.4. The van der Waals surface area contributed by atoms with Crippen LogP contribution in [0.4, 0.5) is 5.69 Å². The molecule has 0 saturated carbocycles. The fourth-order valence-corrected chi connectivity index (χ4v) is 5.02. The molecule has 1 amide bonds. The van der Waals surface area contributed by atoms with Crippen LogP contribution < -0.4 is 10.0 Å². The zero-order chi connectivity index (χ0) is 22.3. The van der Waals surface area contributed by atoms with Gasteiger partial charge in [-0.05, 0) is 55.0 Å². The number of carbonyl (C=O) groups is 1. The number of nitrogens with one attached hydrogen (secondary N) is 2. The molecule has 0 bridgehead atoms. The van der Waals surface area contributed by atoms with E-state index in [0.717, 1.165) is 15.3 Å². The van der Waals surface area contributed by atoms with E-state index in [1.165, 1.54) is 25.3 Å². The van der Waals surface area contributed by atoms with Gasteiger partial charge in [-0.25, -0.2) is 13.1 Å². The molecule has 1 aromatic heterocycles. The van der Waals surface area contributed by atoms with Crippen LogP contribution in [0.15, 0.2) is 77.7 Å². The van der Waals surface area contributed by atoms with Crippen LogP contribution in [-0.2, 0) is 19.6 Å². The van der Waals surface area contributed by atoms with Crippen molar-refractivity contribution in [2.75, 3.05) is 19.0 Å². The zero-order valence-corrected chi connectivity index (χ0v) is 18.9. The number of ether oxygens (including phenoxy) is 1. The molecule has 8 heteroatoms. The Morgan fingerprint density at radius 3 is 2.45 bits per heavy atom. The van der Waals surface area contributed by atoms with Gasteiger partial charge in [-0.2, -0.15) is 0 Å². The molecule has 1 unspecified atom stereocenters. The molecule has 0 fully saturated rings. The summed E-state index contributed by atoms with van der Waals surface area (Å²) < 4.78 is 32.2. The first-order valence-electron chi connectivity index (χ1n) is 9.63. The summed E-state index contributed by atoms with van der Waals surface area (Å²) in [6.45, 7) is 2.00. The molecule has 1 atom stereocenters. The number of benzene rings is 2. The molecule has 31 heavy (non-hydrogen) atoms. The van der Waals surface area contributed by atoms with E-state index in [2.05, 4.69) is 10.0 Å². The Balaban J connectivity index is 1.59. The minimum atomic E-state index is -3.65. The lowest BCUT2D eigenvalue weighted by atomic mass is 10.2. The number of anilines is 1. The predicted octanol–water partition coefficient (Wildman–Crippen LogP) is 4.38. The highest BCUT2D eigenvalue weighted by Crippen LogP contribution is 2.28. The van der Waals surface area contributed by atoms with Gasteiger partial charge in [0.25, 0.3) is 0 Å². The van der Waals surface area contributed by atoms with E-state index in [9.17, 15) is 13.2 Å². The molecule has 0 radical (unpaired) electrons. The van der Waals surface area contributed by atoms with Gasteiger partial charge in [0, 0.05) is 34.7 Å². The van der Waals surface area contributed by atoms with E-state index in [1.54, 1.807) is 36.5 Å². The second kappa shape index (κ2) is 10.5. The van der Waals surface area contributed by atoms with Gasteiger partial charge in [0.15, 0.2) is 0 Å². The first-order valence-corrected chi connectivity index (χ1v) is 11.9. The van der Waals surface area contributed by atoms with Crippen LogP contribution in [0.3, 0.4) is 0 Å². The Labute approximate surface area is 186 Å². The van der Waals surface area contributed by atoms with E-state index >= 15 is 0 Å². The van der Waals surface area contributed by atoms with Crippen molar-refractivity contribution in [3.8, 4) is 10.4 Å². The number of hydrogen-bond acceptors (Lipinski definition) is 5. The lowest BCUT2D eigenvalue weighted by molar-refractivity contribution is -0.111. The minimum absolute atomic E-state index is 0.121. The summed E-state index contributed by atoms with van der Waals surface area (Å²) in [7, 11) is -2.14. The van der Waals surface area contributed by atoms with E-state index < -0.39 is 10.0 Å². The fraction of sp³-hybridized carbons (Fsp3) is 0.174. The van der Waals surface area contributed by atoms with Crippen molar-refractivity contribution in [1.82, 2.24) is 4.72 Å². The monoisotopic (exact) mass is 456 g/mol. The van der Waals surface area contributed by atoms with Crippen LogP contribution in [0.2, 0.25) is 0 Å². The molecule has 0 aliphatic heterocycles. The Morgan fingerprint density at radius 1 is 1.06 bits per heavy atom. The van der Waals surface area contributed by atoms with Crippen LogP contribution in [0.25, 0.3) is 16.5 Å². The lowest BCUT2D eigenvalue weighted by Crippen LogP contribution is -2.35. The maximum absolute atomic E-state index is 12.4. The Morgan fingerprint density at radius 2 is 1.77 bits per heavy atom. The summed E-state index contributed by atoms with van der Waals surface area (Å²) in [5.41, 5.74) is 1.65. The average molecular weight is 457 g/mol. The van der Waals surface area contributed by atoms with Gasteiger partial charge in [0.05, 0.1) is 11.5 Å². The summed E-state index contributed by atoms with van der Waals surface area (Å²) in [4.78, 5) is 14.4. The van der Waals surface area contributed by atoms with Crippen LogP contribution in [0, 0.1) is 0 Å². The van der Waals surface area contributed by atoms with Crippen molar-refractivity contribution in [2.45, 2.75) is 17.9 Å². The molecule has 162 valence electrons. The minimum Gasteiger partial charge on any atom is -0.383 e.